The number of carbonyl (C=O) groups excluding carboxylic acids is 4. The van der Waals surface area contributed by atoms with Crippen LogP contribution in [-0.2, 0) is 23.9 Å². The minimum absolute atomic E-state index is 0.0702. The Hall–Kier alpha value is -1.83. The van der Waals surface area contributed by atoms with Gasteiger partial charge in [-0.25, -0.2) is 4.79 Å². The molecule has 100 valence electrons. The molecule has 0 atom stereocenters. The molecule has 0 aliphatic heterocycles. The molecule has 0 heterocycles. The van der Waals surface area contributed by atoms with Crippen molar-refractivity contribution in [2.24, 2.45) is 0 Å². The summed E-state index contributed by atoms with van der Waals surface area (Å²) in [7, 11) is 2.41. The highest BCUT2D eigenvalue weighted by atomic mass is 32.2. The number of methoxy groups -OCH3 is 2. The lowest BCUT2D eigenvalue weighted by Crippen LogP contribution is -2.25. The molecule has 0 saturated heterocycles. The van der Waals surface area contributed by atoms with Crippen molar-refractivity contribution in [3.8, 4) is 0 Å². The molecule has 0 radical (unpaired) electrons. The summed E-state index contributed by atoms with van der Waals surface area (Å²) in [6.07, 6.45) is 1.84. The lowest BCUT2D eigenvalue weighted by Gasteiger charge is -2.00. The predicted octanol–water partition coefficient (Wildman–Crippen LogP) is 0.248. The number of hydrogen-bond donors (Lipinski definition) is 1. The second-order valence-corrected chi connectivity index (χ2v) is 3.88. The standard InChI is InChI=1S/C10H13NO6S/c1-16-8(13)4-3-7(12)11-10(15)18-6-5-9(14)17-2/h3-4H,5-6H2,1-2H3,(H,11,12,15)/b4-3+. The molecule has 0 aliphatic rings. The van der Waals surface area contributed by atoms with E-state index in [9.17, 15) is 19.2 Å². The van der Waals surface area contributed by atoms with Crippen molar-refractivity contribution in [3.05, 3.63) is 12.2 Å². The maximum absolute atomic E-state index is 11.2. The van der Waals surface area contributed by atoms with Gasteiger partial charge in [0.25, 0.3) is 11.1 Å². The van der Waals surface area contributed by atoms with Crippen LogP contribution in [0.15, 0.2) is 12.2 Å². The van der Waals surface area contributed by atoms with Crippen LogP contribution in [0.2, 0.25) is 0 Å². The number of ether oxygens (including phenoxy) is 2. The number of hydrogen-bond acceptors (Lipinski definition) is 7. The Morgan fingerprint density at radius 1 is 1.11 bits per heavy atom. The van der Waals surface area contributed by atoms with Gasteiger partial charge in [-0.15, -0.1) is 0 Å². The second-order valence-electron chi connectivity index (χ2n) is 2.81. The third-order valence-electron chi connectivity index (χ3n) is 1.56. The average molecular weight is 275 g/mol. The molecular formula is C10H13NO6S. The Balaban J connectivity index is 3.88. The van der Waals surface area contributed by atoms with Crippen LogP contribution in [0.3, 0.4) is 0 Å². The molecule has 0 aromatic carbocycles. The summed E-state index contributed by atoms with van der Waals surface area (Å²) >= 11 is 0.767. The Bertz CT molecular complexity index is 365. The molecule has 0 aromatic heterocycles. The van der Waals surface area contributed by atoms with Gasteiger partial charge in [0.05, 0.1) is 20.6 Å². The molecule has 0 fully saturated rings. The van der Waals surface area contributed by atoms with Crippen molar-refractivity contribution in [2.45, 2.75) is 6.42 Å². The molecule has 0 aromatic rings. The van der Waals surface area contributed by atoms with Gasteiger partial charge in [0.15, 0.2) is 0 Å². The molecule has 18 heavy (non-hydrogen) atoms. The highest BCUT2D eigenvalue weighted by molar-refractivity contribution is 8.13. The van der Waals surface area contributed by atoms with Gasteiger partial charge in [0.2, 0.25) is 0 Å². The van der Waals surface area contributed by atoms with Crippen molar-refractivity contribution < 1.29 is 28.7 Å². The lowest BCUT2D eigenvalue weighted by molar-refractivity contribution is -0.140. The van der Waals surface area contributed by atoms with Crippen molar-refractivity contribution >= 4 is 34.8 Å². The highest BCUT2D eigenvalue weighted by Gasteiger charge is 2.08. The SMILES string of the molecule is COC(=O)/C=C/C(=O)NC(=O)SCCC(=O)OC. The first-order valence-corrected chi connectivity index (χ1v) is 5.78. The van der Waals surface area contributed by atoms with E-state index < -0.39 is 23.1 Å². The molecule has 7 nitrogen and oxygen atoms in total. The second kappa shape index (κ2) is 9.23. The number of nitrogens with one attached hydrogen (secondary N) is 1. The van der Waals surface area contributed by atoms with E-state index in [0.717, 1.165) is 23.9 Å². The van der Waals surface area contributed by atoms with E-state index in [-0.39, 0.29) is 12.2 Å². The number of rotatable bonds is 5. The Morgan fingerprint density at radius 3 is 2.33 bits per heavy atom. The Morgan fingerprint density at radius 2 is 1.78 bits per heavy atom. The smallest absolute Gasteiger partial charge is 0.330 e. The van der Waals surface area contributed by atoms with Gasteiger partial charge in [-0.1, -0.05) is 11.8 Å². The first-order valence-electron chi connectivity index (χ1n) is 4.80. The molecule has 0 aliphatic carbocycles. The summed E-state index contributed by atoms with van der Waals surface area (Å²) < 4.78 is 8.64. The average Bonchev–Trinajstić information content (AvgIpc) is 2.35. The molecule has 2 amide bonds. The summed E-state index contributed by atoms with van der Waals surface area (Å²) in [6.45, 7) is 0. The van der Waals surface area contributed by atoms with E-state index in [1.807, 2.05) is 5.32 Å². The van der Waals surface area contributed by atoms with Crippen molar-refractivity contribution in [3.63, 3.8) is 0 Å². The minimum Gasteiger partial charge on any atom is -0.469 e. The monoisotopic (exact) mass is 275 g/mol. The van der Waals surface area contributed by atoms with Gasteiger partial charge >= 0.3 is 11.9 Å². The minimum atomic E-state index is -0.740. The molecule has 1 N–H and O–H groups in total. The summed E-state index contributed by atoms with van der Waals surface area (Å²) in [4.78, 5) is 43.6. The fourth-order valence-corrected chi connectivity index (χ4v) is 1.35. The van der Waals surface area contributed by atoms with Crippen LogP contribution in [0.4, 0.5) is 4.79 Å². The predicted molar refractivity (Wildman–Crippen MR) is 63.8 cm³/mol. The van der Waals surface area contributed by atoms with Gasteiger partial charge in [-0.05, 0) is 0 Å². The molecule has 0 spiro atoms. The fraction of sp³-hybridized carbons (Fsp3) is 0.400. The van der Waals surface area contributed by atoms with E-state index in [4.69, 9.17) is 0 Å². The molecule has 8 heteroatoms. The fourth-order valence-electron chi connectivity index (χ4n) is 0.719. The van der Waals surface area contributed by atoms with Crippen LogP contribution in [0, 0.1) is 0 Å². The zero-order valence-corrected chi connectivity index (χ0v) is 10.7. The van der Waals surface area contributed by atoms with Gasteiger partial charge in [-0.2, -0.15) is 0 Å². The van der Waals surface area contributed by atoms with Crippen LogP contribution in [-0.4, -0.2) is 43.1 Å². The zero-order valence-electron chi connectivity index (χ0n) is 9.93. The number of carbonyl (C=O) groups is 4. The zero-order chi connectivity index (χ0) is 14.0. The van der Waals surface area contributed by atoms with E-state index in [1.54, 1.807) is 0 Å². The largest absolute Gasteiger partial charge is 0.469 e. The first kappa shape index (κ1) is 16.2. The Kier molecular flexibility index (Phi) is 8.29. The highest BCUT2D eigenvalue weighted by Crippen LogP contribution is 2.04. The summed E-state index contributed by atoms with van der Waals surface area (Å²) in [6, 6.07) is 0. The van der Waals surface area contributed by atoms with Gasteiger partial charge < -0.3 is 9.47 Å². The Labute approximate surface area is 108 Å². The molecular weight excluding hydrogens is 262 g/mol. The number of imide groups is 1. The summed E-state index contributed by atoms with van der Waals surface area (Å²) in [5, 5.41) is 1.38. The maximum Gasteiger partial charge on any atom is 0.330 e. The van der Waals surface area contributed by atoms with Crippen molar-refractivity contribution in [1.82, 2.24) is 5.32 Å². The number of thioether (sulfide) groups is 1. The lowest BCUT2D eigenvalue weighted by atomic mass is 10.5. The maximum atomic E-state index is 11.2. The van der Waals surface area contributed by atoms with Crippen molar-refractivity contribution in [1.29, 1.82) is 0 Å². The molecule has 0 saturated carbocycles. The van der Waals surface area contributed by atoms with Crippen LogP contribution >= 0.6 is 11.8 Å². The van der Waals surface area contributed by atoms with Crippen LogP contribution in [0.5, 0.6) is 0 Å². The third kappa shape index (κ3) is 8.34. The topological polar surface area (TPSA) is 98.8 Å². The van der Waals surface area contributed by atoms with Gasteiger partial charge in [0, 0.05) is 17.9 Å². The van der Waals surface area contributed by atoms with E-state index in [1.165, 1.54) is 14.2 Å². The van der Waals surface area contributed by atoms with E-state index >= 15 is 0 Å². The first-order chi connectivity index (χ1) is 8.49. The third-order valence-corrected chi connectivity index (χ3v) is 2.34. The summed E-state index contributed by atoms with van der Waals surface area (Å²) in [5.74, 6) is -1.67. The van der Waals surface area contributed by atoms with Gasteiger partial charge in [0.1, 0.15) is 0 Å². The number of esters is 2. The van der Waals surface area contributed by atoms with E-state index in [2.05, 4.69) is 9.47 Å². The quantitative estimate of drug-likeness (QED) is 0.567. The van der Waals surface area contributed by atoms with E-state index in [0.29, 0.717) is 0 Å². The van der Waals surface area contributed by atoms with Gasteiger partial charge in [-0.3, -0.25) is 19.7 Å². The number of amides is 2. The molecule has 0 bridgehead atoms. The normalized spacial score (nSPS) is 9.89. The van der Waals surface area contributed by atoms with Crippen LogP contribution < -0.4 is 5.32 Å². The van der Waals surface area contributed by atoms with Crippen LogP contribution in [0.25, 0.3) is 0 Å². The van der Waals surface area contributed by atoms with Crippen LogP contribution in [0.1, 0.15) is 6.42 Å². The van der Waals surface area contributed by atoms with Crippen molar-refractivity contribution in [2.75, 3.05) is 20.0 Å². The molecule has 0 unspecified atom stereocenters. The summed E-state index contributed by atoms with van der Waals surface area (Å²) in [5.41, 5.74) is 0. The molecule has 0 rings (SSSR count).